The molecule has 2 N–H and O–H groups in total. The van der Waals surface area contributed by atoms with Crippen LogP contribution in [0.4, 0.5) is 0 Å². The second-order valence-electron chi connectivity index (χ2n) is 8.96. The Morgan fingerprint density at radius 3 is 2.17 bits per heavy atom. The number of nitrogens with two attached hydrogens (primary N) is 1. The molecule has 0 fully saturated rings. The molecule has 1 aliphatic carbocycles. The molecule has 35 heavy (non-hydrogen) atoms. The Morgan fingerprint density at radius 1 is 0.657 bits per heavy atom. The van der Waals surface area contributed by atoms with Gasteiger partial charge in [-0.2, -0.15) is 5.10 Å². The second kappa shape index (κ2) is 6.61. The van der Waals surface area contributed by atoms with Crippen LogP contribution < -0.4 is 5.73 Å². The van der Waals surface area contributed by atoms with Crippen LogP contribution in [0.3, 0.4) is 0 Å². The first kappa shape index (κ1) is 18.6. The highest BCUT2D eigenvalue weighted by Crippen LogP contribution is 2.52. The van der Waals surface area contributed by atoms with Crippen molar-refractivity contribution in [1.82, 2.24) is 4.68 Å². The van der Waals surface area contributed by atoms with Gasteiger partial charge in [-0.15, -0.1) is 0 Å². The molecule has 4 heteroatoms. The summed E-state index contributed by atoms with van der Waals surface area (Å²) in [7, 11) is 0. The summed E-state index contributed by atoms with van der Waals surface area (Å²) in [6.07, 6.45) is 4.99. The van der Waals surface area contributed by atoms with Crippen LogP contribution in [0.5, 0.6) is 0 Å². The maximum absolute atomic E-state index is 6.56. The lowest BCUT2D eigenvalue weighted by molar-refractivity contribution is 0.673. The monoisotopic (exact) mass is 449 g/mol. The van der Waals surface area contributed by atoms with Gasteiger partial charge in [0.2, 0.25) is 0 Å². The number of furan rings is 1. The van der Waals surface area contributed by atoms with Gasteiger partial charge >= 0.3 is 0 Å². The van der Waals surface area contributed by atoms with Crippen molar-refractivity contribution in [3.63, 3.8) is 0 Å². The molecule has 2 heterocycles. The van der Waals surface area contributed by atoms with Crippen LogP contribution in [0.2, 0.25) is 0 Å². The average Bonchev–Trinajstić information content (AvgIpc) is 3.41. The highest BCUT2D eigenvalue weighted by molar-refractivity contribution is 6.39. The molecular weight excluding hydrogens is 430 g/mol. The standard InChI is InChI=1S/C31H19N3O/c32-16-7-17-33-34-24-14-6-12-21-19-9-2-1-8-18(19)20-11-5-13-23-26(20)29(27(21)24)30(34)28-22-10-3-4-15-25(22)35-31(23)28/h1-17H,32H2. The maximum atomic E-state index is 6.56. The second-order valence-corrected chi connectivity index (χ2v) is 8.96. The van der Waals surface area contributed by atoms with Gasteiger partial charge in [-0.05, 0) is 46.7 Å². The Hall–Kier alpha value is -4.83. The lowest BCUT2D eigenvalue weighted by atomic mass is 9.93. The van der Waals surface area contributed by atoms with Crippen molar-refractivity contribution in [2.45, 2.75) is 0 Å². The zero-order valence-electron chi connectivity index (χ0n) is 18.7. The molecule has 0 spiro atoms. The molecule has 5 aromatic carbocycles. The van der Waals surface area contributed by atoms with E-state index in [0.717, 1.165) is 38.4 Å². The van der Waals surface area contributed by atoms with Gasteiger partial charge in [0.1, 0.15) is 11.2 Å². The quantitative estimate of drug-likeness (QED) is 0.274. The van der Waals surface area contributed by atoms with E-state index in [1.165, 1.54) is 44.6 Å². The van der Waals surface area contributed by atoms with E-state index in [1.807, 2.05) is 12.1 Å². The lowest BCUT2D eigenvalue weighted by Gasteiger charge is -2.12. The van der Waals surface area contributed by atoms with Gasteiger partial charge in [-0.25, -0.2) is 4.68 Å². The van der Waals surface area contributed by atoms with Crippen molar-refractivity contribution < 1.29 is 4.42 Å². The number of hydrogen-bond donors (Lipinski definition) is 1. The molecule has 7 aromatic rings. The molecule has 164 valence electrons. The topological polar surface area (TPSA) is 56.4 Å². The van der Waals surface area contributed by atoms with Crippen LogP contribution in [0.25, 0.3) is 76.8 Å². The molecule has 0 atom stereocenters. The number of hydrogen-bond acceptors (Lipinski definition) is 3. The largest absolute Gasteiger partial charge is 0.455 e. The molecule has 0 radical (unpaired) electrons. The fourth-order valence-corrected chi connectivity index (χ4v) is 5.96. The van der Waals surface area contributed by atoms with E-state index in [1.54, 1.807) is 12.3 Å². The Morgan fingerprint density at radius 2 is 1.34 bits per heavy atom. The first-order valence-corrected chi connectivity index (χ1v) is 11.7. The van der Waals surface area contributed by atoms with Crippen LogP contribution in [0.1, 0.15) is 0 Å². The van der Waals surface area contributed by atoms with Crippen molar-refractivity contribution in [3.8, 4) is 22.3 Å². The summed E-state index contributed by atoms with van der Waals surface area (Å²) in [5.41, 5.74) is 14.4. The number of nitrogens with zero attached hydrogens (tertiary/aromatic N) is 2. The molecular formula is C31H19N3O. The summed E-state index contributed by atoms with van der Waals surface area (Å²) >= 11 is 0. The molecule has 2 aromatic heterocycles. The van der Waals surface area contributed by atoms with Crippen molar-refractivity contribution in [1.29, 1.82) is 0 Å². The fourth-order valence-electron chi connectivity index (χ4n) is 5.96. The smallest absolute Gasteiger partial charge is 0.145 e. The molecule has 0 amide bonds. The summed E-state index contributed by atoms with van der Waals surface area (Å²) < 4.78 is 8.61. The van der Waals surface area contributed by atoms with Gasteiger partial charge in [-0.1, -0.05) is 72.8 Å². The highest BCUT2D eigenvalue weighted by atomic mass is 16.3. The van der Waals surface area contributed by atoms with Crippen LogP contribution in [-0.4, -0.2) is 10.9 Å². The molecule has 4 nitrogen and oxygen atoms in total. The van der Waals surface area contributed by atoms with Crippen LogP contribution in [0, 0.1) is 0 Å². The minimum atomic E-state index is 0.877. The normalized spacial score (nSPS) is 13.0. The molecule has 0 bridgehead atoms. The summed E-state index contributed by atoms with van der Waals surface area (Å²) in [5, 5.41) is 11.8. The van der Waals surface area contributed by atoms with Crippen LogP contribution in [-0.2, 0) is 0 Å². The van der Waals surface area contributed by atoms with E-state index < -0.39 is 0 Å². The molecule has 0 saturated heterocycles. The van der Waals surface area contributed by atoms with E-state index in [0.29, 0.717) is 0 Å². The molecule has 1 aliphatic rings. The van der Waals surface area contributed by atoms with Crippen LogP contribution >= 0.6 is 0 Å². The third-order valence-corrected chi connectivity index (χ3v) is 7.25. The SMILES string of the molecule is NC=CC=Nn1c2cccc3c2c2c4c(cccc4c4oc5ccccc5c4c21)-c1ccccc1-3. The fraction of sp³-hybridized carbons (Fsp3) is 0. The number of aromatic nitrogens is 1. The van der Waals surface area contributed by atoms with Gasteiger partial charge < -0.3 is 10.2 Å². The Kier molecular flexibility index (Phi) is 3.51. The highest BCUT2D eigenvalue weighted by Gasteiger charge is 2.28. The minimum Gasteiger partial charge on any atom is -0.455 e. The van der Waals surface area contributed by atoms with Crippen LogP contribution in [0.15, 0.2) is 107 Å². The predicted octanol–water partition coefficient (Wildman–Crippen LogP) is 7.80. The maximum Gasteiger partial charge on any atom is 0.145 e. The van der Waals surface area contributed by atoms with Crippen molar-refractivity contribution in [3.05, 3.63) is 97.2 Å². The van der Waals surface area contributed by atoms with Crippen molar-refractivity contribution in [2.75, 3.05) is 0 Å². The summed E-state index contributed by atoms with van der Waals surface area (Å²) in [4.78, 5) is 0. The Balaban J connectivity index is 1.79. The molecule has 0 aliphatic heterocycles. The van der Waals surface area contributed by atoms with Gasteiger partial charge in [-0.3, -0.25) is 0 Å². The molecule has 0 unspecified atom stereocenters. The van der Waals surface area contributed by atoms with Gasteiger partial charge in [0, 0.05) is 33.1 Å². The predicted molar refractivity (Wildman–Crippen MR) is 146 cm³/mol. The van der Waals surface area contributed by atoms with Gasteiger partial charge in [0.15, 0.2) is 0 Å². The van der Waals surface area contributed by atoms with E-state index >= 15 is 0 Å². The van der Waals surface area contributed by atoms with Crippen molar-refractivity contribution >= 4 is 60.7 Å². The van der Waals surface area contributed by atoms with E-state index in [2.05, 4.69) is 77.5 Å². The summed E-state index contributed by atoms with van der Waals surface area (Å²) in [5.74, 6) is 0. The van der Waals surface area contributed by atoms with E-state index in [9.17, 15) is 0 Å². The zero-order chi connectivity index (χ0) is 23.1. The first-order valence-electron chi connectivity index (χ1n) is 11.7. The minimum absolute atomic E-state index is 0.877. The van der Waals surface area contributed by atoms with Crippen molar-refractivity contribution in [2.24, 2.45) is 10.8 Å². The van der Waals surface area contributed by atoms with E-state index in [4.69, 9.17) is 15.3 Å². The third-order valence-electron chi connectivity index (χ3n) is 7.25. The Bertz CT molecular complexity index is 2070. The van der Waals surface area contributed by atoms with Gasteiger partial charge in [0.05, 0.1) is 16.4 Å². The molecule has 0 saturated carbocycles. The summed E-state index contributed by atoms with van der Waals surface area (Å²) in [6.45, 7) is 0. The number of allylic oxidation sites excluding steroid dienone is 1. The first-order chi connectivity index (χ1) is 17.4. The number of benzene rings is 5. The lowest BCUT2D eigenvalue weighted by Crippen LogP contribution is -1.92. The van der Waals surface area contributed by atoms with E-state index in [-0.39, 0.29) is 0 Å². The number of para-hydroxylation sites is 1. The third kappa shape index (κ3) is 2.23. The average molecular weight is 450 g/mol. The summed E-state index contributed by atoms with van der Waals surface area (Å²) in [6, 6.07) is 30.0. The van der Waals surface area contributed by atoms with Gasteiger partial charge in [0.25, 0.3) is 0 Å². The number of fused-ring (bicyclic) bond motifs is 8. The number of rotatable bonds is 2. The zero-order valence-corrected chi connectivity index (χ0v) is 18.7. The molecule has 8 rings (SSSR count). The Labute approximate surface area is 200 Å².